The summed E-state index contributed by atoms with van der Waals surface area (Å²) >= 11 is 0. The zero-order valence-electron chi connectivity index (χ0n) is 10.4. The van der Waals surface area contributed by atoms with Crippen molar-refractivity contribution in [3.8, 4) is 0 Å². The van der Waals surface area contributed by atoms with E-state index in [-0.39, 0.29) is 0 Å². The first-order chi connectivity index (χ1) is 7.81. The van der Waals surface area contributed by atoms with E-state index in [1.807, 2.05) is 10.9 Å². The van der Waals surface area contributed by atoms with E-state index in [0.717, 1.165) is 6.54 Å². The normalized spacial score (nSPS) is 25.9. The molecule has 0 amide bonds. The molecule has 1 N–H and O–H groups in total. The van der Waals surface area contributed by atoms with Crippen molar-refractivity contribution in [2.24, 2.45) is 7.05 Å². The van der Waals surface area contributed by atoms with Gasteiger partial charge in [-0.2, -0.15) is 5.10 Å². The van der Waals surface area contributed by atoms with Crippen LogP contribution in [0.3, 0.4) is 0 Å². The Hall–Kier alpha value is -0.830. The van der Waals surface area contributed by atoms with Crippen LogP contribution in [0.4, 0.5) is 0 Å². The molecule has 3 heteroatoms. The van der Waals surface area contributed by atoms with E-state index < -0.39 is 0 Å². The summed E-state index contributed by atoms with van der Waals surface area (Å²) in [5.41, 5.74) is 1.41. The minimum atomic E-state index is 0.704. The van der Waals surface area contributed by atoms with Crippen LogP contribution in [0.1, 0.15) is 50.6 Å². The van der Waals surface area contributed by atoms with Crippen molar-refractivity contribution < 1.29 is 0 Å². The van der Waals surface area contributed by atoms with Crippen LogP contribution in [0.15, 0.2) is 12.3 Å². The Kier molecular flexibility index (Phi) is 3.99. The largest absolute Gasteiger partial charge is 0.314 e. The number of hydrogen-bond donors (Lipinski definition) is 1. The average molecular weight is 221 g/mol. The molecular formula is C13H23N3. The molecule has 2 atom stereocenters. The predicted octanol–water partition coefficient (Wildman–Crippen LogP) is 2.45. The van der Waals surface area contributed by atoms with Crippen LogP contribution in [0, 0.1) is 0 Å². The van der Waals surface area contributed by atoms with Gasteiger partial charge in [-0.1, -0.05) is 13.3 Å². The number of nitrogens with zero attached hydrogens (tertiary/aromatic N) is 2. The lowest BCUT2D eigenvalue weighted by atomic mass is 9.83. The third kappa shape index (κ3) is 2.64. The van der Waals surface area contributed by atoms with Gasteiger partial charge in [0.2, 0.25) is 0 Å². The maximum atomic E-state index is 4.28. The van der Waals surface area contributed by atoms with Crippen molar-refractivity contribution in [2.75, 3.05) is 6.54 Å². The van der Waals surface area contributed by atoms with Gasteiger partial charge >= 0.3 is 0 Å². The second kappa shape index (κ2) is 5.48. The molecular weight excluding hydrogens is 198 g/mol. The summed E-state index contributed by atoms with van der Waals surface area (Å²) in [6, 6.07) is 2.89. The minimum absolute atomic E-state index is 0.704. The van der Waals surface area contributed by atoms with E-state index in [4.69, 9.17) is 0 Å². The first-order valence-electron chi connectivity index (χ1n) is 6.52. The highest BCUT2D eigenvalue weighted by Gasteiger charge is 2.24. The number of aryl methyl sites for hydroxylation is 1. The van der Waals surface area contributed by atoms with Crippen LogP contribution in [0.25, 0.3) is 0 Å². The molecule has 1 heterocycles. The smallest absolute Gasteiger partial charge is 0.0492 e. The topological polar surface area (TPSA) is 29.9 Å². The van der Waals surface area contributed by atoms with Crippen LogP contribution in [-0.4, -0.2) is 22.4 Å². The fraction of sp³-hybridized carbons (Fsp3) is 0.769. The number of rotatable bonds is 4. The van der Waals surface area contributed by atoms with Crippen LogP contribution in [0.5, 0.6) is 0 Å². The Morgan fingerprint density at radius 1 is 1.50 bits per heavy atom. The predicted molar refractivity (Wildman–Crippen MR) is 66.5 cm³/mol. The fourth-order valence-corrected chi connectivity index (χ4v) is 2.78. The van der Waals surface area contributed by atoms with Gasteiger partial charge < -0.3 is 5.32 Å². The van der Waals surface area contributed by atoms with Gasteiger partial charge in [0.05, 0.1) is 0 Å². The molecule has 0 radical (unpaired) electrons. The van der Waals surface area contributed by atoms with Crippen molar-refractivity contribution >= 4 is 0 Å². The van der Waals surface area contributed by atoms with Gasteiger partial charge in [0.1, 0.15) is 0 Å². The molecule has 90 valence electrons. The zero-order valence-corrected chi connectivity index (χ0v) is 10.4. The molecule has 1 aromatic heterocycles. The summed E-state index contributed by atoms with van der Waals surface area (Å²) in [7, 11) is 2.05. The molecule has 1 fully saturated rings. The van der Waals surface area contributed by atoms with Gasteiger partial charge in [-0.15, -0.1) is 0 Å². The van der Waals surface area contributed by atoms with Crippen molar-refractivity contribution in [3.63, 3.8) is 0 Å². The van der Waals surface area contributed by atoms with Gasteiger partial charge in [0, 0.05) is 30.9 Å². The maximum Gasteiger partial charge on any atom is 0.0492 e. The van der Waals surface area contributed by atoms with E-state index >= 15 is 0 Å². The lowest BCUT2D eigenvalue weighted by Crippen LogP contribution is -2.34. The van der Waals surface area contributed by atoms with E-state index in [1.165, 1.54) is 37.8 Å². The zero-order chi connectivity index (χ0) is 11.4. The third-order valence-electron chi connectivity index (χ3n) is 3.63. The third-order valence-corrected chi connectivity index (χ3v) is 3.63. The van der Waals surface area contributed by atoms with Gasteiger partial charge in [-0.05, 0) is 38.3 Å². The van der Waals surface area contributed by atoms with Gasteiger partial charge in [-0.3, -0.25) is 4.68 Å². The van der Waals surface area contributed by atoms with E-state index in [9.17, 15) is 0 Å². The van der Waals surface area contributed by atoms with Gasteiger partial charge in [0.25, 0.3) is 0 Å². The molecule has 2 rings (SSSR count). The summed E-state index contributed by atoms with van der Waals surface area (Å²) in [4.78, 5) is 0. The Labute approximate surface area is 98.2 Å². The van der Waals surface area contributed by atoms with Crippen molar-refractivity contribution in [3.05, 3.63) is 18.0 Å². The lowest BCUT2D eigenvalue weighted by molar-refractivity contribution is 0.331. The SMILES string of the molecule is CCCNC1CCCC(c2ccnn2C)C1. The molecule has 3 nitrogen and oxygen atoms in total. The highest BCUT2D eigenvalue weighted by atomic mass is 15.3. The van der Waals surface area contributed by atoms with Gasteiger partial charge in [0.15, 0.2) is 0 Å². The molecule has 0 saturated heterocycles. The molecule has 1 saturated carbocycles. The summed E-state index contributed by atoms with van der Waals surface area (Å²) in [6.07, 6.45) is 8.43. The molecule has 1 aliphatic rings. The average Bonchev–Trinajstić information content (AvgIpc) is 2.73. The monoisotopic (exact) mass is 221 g/mol. The van der Waals surface area contributed by atoms with Crippen LogP contribution in [-0.2, 0) is 7.05 Å². The Morgan fingerprint density at radius 3 is 3.06 bits per heavy atom. The Morgan fingerprint density at radius 2 is 2.38 bits per heavy atom. The Bertz CT molecular complexity index is 319. The number of nitrogens with one attached hydrogen (secondary N) is 1. The van der Waals surface area contributed by atoms with E-state index in [2.05, 4.69) is 30.5 Å². The summed E-state index contributed by atoms with van der Waals surface area (Å²) < 4.78 is 2.03. The second-order valence-electron chi connectivity index (χ2n) is 4.89. The molecule has 16 heavy (non-hydrogen) atoms. The number of hydrogen-bond acceptors (Lipinski definition) is 2. The second-order valence-corrected chi connectivity index (χ2v) is 4.89. The summed E-state index contributed by atoms with van der Waals surface area (Å²) in [5, 5.41) is 7.93. The molecule has 1 aromatic rings. The molecule has 0 aliphatic heterocycles. The Balaban J connectivity index is 1.94. The first-order valence-corrected chi connectivity index (χ1v) is 6.52. The summed E-state index contributed by atoms with van der Waals surface area (Å²) in [6.45, 7) is 3.39. The highest BCUT2D eigenvalue weighted by Crippen LogP contribution is 2.32. The molecule has 0 aromatic carbocycles. The number of aromatic nitrogens is 2. The van der Waals surface area contributed by atoms with Crippen LogP contribution < -0.4 is 5.32 Å². The van der Waals surface area contributed by atoms with Crippen molar-refractivity contribution in [1.29, 1.82) is 0 Å². The van der Waals surface area contributed by atoms with Crippen LogP contribution in [0.2, 0.25) is 0 Å². The maximum absolute atomic E-state index is 4.28. The van der Waals surface area contributed by atoms with E-state index in [0.29, 0.717) is 12.0 Å². The standard InChI is InChI=1S/C13H23N3/c1-3-8-14-12-6-4-5-11(10-12)13-7-9-15-16(13)2/h7,9,11-12,14H,3-6,8,10H2,1-2H3. The highest BCUT2D eigenvalue weighted by molar-refractivity contribution is 5.09. The van der Waals surface area contributed by atoms with Crippen molar-refractivity contribution in [1.82, 2.24) is 15.1 Å². The van der Waals surface area contributed by atoms with Gasteiger partial charge in [-0.25, -0.2) is 0 Å². The summed E-state index contributed by atoms with van der Waals surface area (Å²) in [5.74, 6) is 0.704. The quantitative estimate of drug-likeness (QED) is 0.846. The fourth-order valence-electron chi connectivity index (χ4n) is 2.78. The van der Waals surface area contributed by atoms with Crippen molar-refractivity contribution in [2.45, 2.75) is 51.0 Å². The molecule has 2 unspecified atom stereocenters. The molecule has 0 spiro atoms. The molecule has 1 aliphatic carbocycles. The van der Waals surface area contributed by atoms with E-state index in [1.54, 1.807) is 0 Å². The van der Waals surface area contributed by atoms with Crippen LogP contribution >= 0.6 is 0 Å². The first kappa shape index (κ1) is 11.6. The molecule has 0 bridgehead atoms. The lowest BCUT2D eigenvalue weighted by Gasteiger charge is -2.29. The minimum Gasteiger partial charge on any atom is -0.314 e.